The van der Waals surface area contributed by atoms with Crippen molar-refractivity contribution in [2.24, 2.45) is 4.99 Å². The number of guanidine groups is 1. The van der Waals surface area contributed by atoms with Crippen molar-refractivity contribution in [3.8, 4) is 5.75 Å². The van der Waals surface area contributed by atoms with Gasteiger partial charge in [-0.15, -0.1) is 0 Å². The molecule has 1 aromatic carbocycles. The average Bonchev–Trinajstić information content (AvgIpc) is 2.69. The molecule has 1 aliphatic carbocycles. The number of methoxy groups -OCH3 is 1. The maximum atomic E-state index is 12.1. The molecule has 0 heterocycles. The topological polar surface area (TPSA) is 74.8 Å². The van der Waals surface area contributed by atoms with Crippen molar-refractivity contribution in [3.05, 3.63) is 29.8 Å². The monoisotopic (exact) mass is 374 g/mol. The number of nitrogens with zero attached hydrogens (tertiary/aromatic N) is 1. The summed E-state index contributed by atoms with van der Waals surface area (Å²) in [7, 11) is 1.67. The molecule has 1 fully saturated rings. The fourth-order valence-electron chi connectivity index (χ4n) is 3.28. The molecule has 0 unspecified atom stereocenters. The van der Waals surface area contributed by atoms with Crippen LogP contribution in [0.2, 0.25) is 0 Å². The van der Waals surface area contributed by atoms with Crippen LogP contribution in [0.25, 0.3) is 0 Å². The Morgan fingerprint density at radius 1 is 1.15 bits per heavy atom. The van der Waals surface area contributed by atoms with Crippen molar-refractivity contribution >= 4 is 11.9 Å². The number of hydrogen-bond acceptors (Lipinski definition) is 3. The number of carbonyl (C=O) groups is 1. The average molecular weight is 375 g/mol. The highest BCUT2D eigenvalue weighted by atomic mass is 16.5. The number of carbonyl (C=O) groups excluding carboxylic acids is 1. The van der Waals surface area contributed by atoms with E-state index < -0.39 is 0 Å². The molecule has 6 nitrogen and oxygen atoms in total. The predicted octanol–water partition coefficient (Wildman–Crippen LogP) is 2.63. The Morgan fingerprint density at radius 2 is 1.89 bits per heavy atom. The molecule has 0 radical (unpaired) electrons. The summed E-state index contributed by atoms with van der Waals surface area (Å²) in [6.07, 6.45) is 7.32. The van der Waals surface area contributed by atoms with Gasteiger partial charge in [-0.2, -0.15) is 0 Å². The Balaban J connectivity index is 1.69. The lowest BCUT2D eigenvalue weighted by molar-refractivity contribution is -0.121. The normalized spacial score (nSPS) is 15.3. The molecule has 2 rings (SSSR count). The van der Waals surface area contributed by atoms with Gasteiger partial charge in [0.2, 0.25) is 5.91 Å². The van der Waals surface area contributed by atoms with E-state index >= 15 is 0 Å². The van der Waals surface area contributed by atoms with Gasteiger partial charge in [0.15, 0.2) is 5.96 Å². The Morgan fingerprint density at radius 3 is 2.56 bits per heavy atom. The van der Waals surface area contributed by atoms with Crippen molar-refractivity contribution in [1.29, 1.82) is 0 Å². The molecule has 3 N–H and O–H groups in total. The van der Waals surface area contributed by atoms with Crippen LogP contribution in [0.5, 0.6) is 5.75 Å². The Hall–Kier alpha value is -2.24. The highest BCUT2D eigenvalue weighted by molar-refractivity contribution is 5.80. The third-order valence-electron chi connectivity index (χ3n) is 4.79. The van der Waals surface area contributed by atoms with Crippen LogP contribution < -0.4 is 20.7 Å². The van der Waals surface area contributed by atoms with E-state index in [0.717, 1.165) is 44.1 Å². The molecule has 0 atom stereocenters. The third kappa shape index (κ3) is 8.33. The molecular weight excluding hydrogens is 340 g/mol. The van der Waals surface area contributed by atoms with Crippen LogP contribution in [-0.2, 0) is 11.2 Å². The molecule has 1 aromatic rings. The van der Waals surface area contributed by atoms with Gasteiger partial charge in [0.25, 0.3) is 0 Å². The van der Waals surface area contributed by atoms with E-state index in [-0.39, 0.29) is 5.91 Å². The van der Waals surface area contributed by atoms with E-state index in [1.54, 1.807) is 7.11 Å². The van der Waals surface area contributed by atoms with Gasteiger partial charge in [-0.1, -0.05) is 31.4 Å². The van der Waals surface area contributed by atoms with Crippen LogP contribution in [0.4, 0.5) is 0 Å². The first-order valence-corrected chi connectivity index (χ1v) is 10.2. The summed E-state index contributed by atoms with van der Waals surface area (Å²) in [5.74, 6) is 1.74. The van der Waals surface area contributed by atoms with Crippen LogP contribution in [0.15, 0.2) is 29.3 Å². The van der Waals surface area contributed by atoms with Crippen LogP contribution in [0.1, 0.15) is 51.0 Å². The second-order valence-corrected chi connectivity index (χ2v) is 6.94. The van der Waals surface area contributed by atoms with Crippen molar-refractivity contribution in [2.75, 3.05) is 26.7 Å². The molecule has 0 aliphatic heterocycles. The Bertz CT molecular complexity index is 580. The first-order chi connectivity index (χ1) is 13.2. The van der Waals surface area contributed by atoms with Crippen LogP contribution in [0.3, 0.4) is 0 Å². The first-order valence-electron chi connectivity index (χ1n) is 10.2. The summed E-state index contributed by atoms with van der Waals surface area (Å²) in [4.78, 5) is 16.6. The smallest absolute Gasteiger partial charge is 0.222 e. The fraction of sp³-hybridized carbons (Fsp3) is 0.619. The number of aliphatic imine (C=N–C) groups is 1. The Labute approximate surface area is 163 Å². The summed E-state index contributed by atoms with van der Waals surface area (Å²) in [5, 5.41) is 9.70. The van der Waals surface area contributed by atoms with Gasteiger partial charge in [-0.05, 0) is 43.9 Å². The zero-order chi connectivity index (χ0) is 19.3. The standard InChI is InChI=1S/C21H34N4O2/c1-3-22-21(23-15-13-17-9-11-19(27-2)12-10-17)24-16-14-20(26)25-18-7-5-4-6-8-18/h9-12,18H,3-8,13-16H2,1-2H3,(H,25,26)(H2,22,23,24). The Kier molecular flexibility index (Phi) is 9.52. The van der Waals surface area contributed by atoms with E-state index in [1.807, 2.05) is 19.1 Å². The molecule has 0 spiro atoms. The first kappa shape index (κ1) is 21.1. The lowest BCUT2D eigenvalue weighted by Crippen LogP contribution is -2.39. The van der Waals surface area contributed by atoms with E-state index in [9.17, 15) is 4.79 Å². The fourth-order valence-corrected chi connectivity index (χ4v) is 3.28. The molecule has 6 heteroatoms. The molecule has 1 saturated carbocycles. The molecular formula is C21H34N4O2. The number of rotatable bonds is 9. The van der Waals surface area contributed by atoms with E-state index in [2.05, 4.69) is 33.1 Å². The van der Waals surface area contributed by atoms with Gasteiger partial charge in [0.1, 0.15) is 5.75 Å². The lowest BCUT2D eigenvalue weighted by Gasteiger charge is -2.22. The number of hydrogen-bond donors (Lipinski definition) is 3. The van der Waals surface area contributed by atoms with Crippen molar-refractivity contribution in [1.82, 2.24) is 16.0 Å². The van der Waals surface area contributed by atoms with Gasteiger partial charge in [-0.3, -0.25) is 9.79 Å². The zero-order valence-electron chi connectivity index (χ0n) is 16.7. The highest BCUT2D eigenvalue weighted by Crippen LogP contribution is 2.17. The molecule has 0 aromatic heterocycles. The maximum absolute atomic E-state index is 12.1. The summed E-state index contributed by atoms with van der Waals surface area (Å²) in [6.45, 7) is 4.11. The zero-order valence-corrected chi connectivity index (χ0v) is 16.7. The molecule has 1 aliphatic rings. The molecule has 1 amide bonds. The second kappa shape index (κ2) is 12.2. The summed E-state index contributed by atoms with van der Waals surface area (Å²) < 4.78 is 5.18. The van der Waals surface area contributed by atoms with Crippen molar-refractivity contribution in [3.63, 3.8) is 0 Å². The third-order valence-corrected chi connectivity index (χ3v) is 4.79. The molecule has 0 saturated heterocycles. The SMILES string of the molecule is CCNC(=NCCC(=O)NC1CCCCC1)NCCc1ccc(OC)cc1. The quantitative estimate of drug-likeness (QED) is 0.459. The molecule has 0 bridgehead atoms. The minimum atomic E-state index is 0.111. The molecule has 150 valence electrons. The second-order valence-electron chi connectivity index (χ2n) is 6.94. The summed E-state index contributed by atoms with van der Waals surface area (Å²) in [5.41, 5.74) is 1.24. The number of ether oxygens (including phenoxy) is 1. The lowest BCUT2D eigenvalue weighted by atomic mass is 9.95. The number of amides is 1. The van der Waals surface area contributed by atoms with Crippen molar-refractivity contribution in [2.45, 2.75) is 57.9 Å². The number of nitrogens with one attached hydrogen (secondary N) is 3. The number of benzene rings is 1. The van der Waals surface area contributed by atoms with Crippen LogP contribution in [0, 0.1) is 0 Å². The van der Waals surface area contributed by atoms with Gasteiger partial charge in [-0.25, -0.2) is 0 Å². The maximum Gasteiger partial charge on any atom is 0.222 e. The highest BCUT2D eigenvalue weighted by Gasteiger charge is 2.15. The van der Waals surface area contributed by atoms with Gasteiger partial charge < -0.3 is 20.7 Å². The van der Waals surface area contributed by atoms with Gasteiger partial charge in [0, 0.05) is 25.6 Å². The largest absolute Gasteiger partial charge is 0.497 e. The molecule has 27 heavy (non-hydrogen) atoms. The van der Waals surface area contributed by atoms with E-state index in [1.165, 1.54) is 24.8 Å². The minimum absolute atomic E-state index is 0.111. The van der Waals surface area contributed by atoms with Gasteiger partial charge >= 0.3 is 0 Å². The minimum Gasteiger partial charge on any atom is -0.497 e. The van der Waals surface area contributed by atoms with Crippen LogP contribution >= 0.6 is 0 Å². The van der Waals surface area contributed by atoms with E-state index in [4.69, 9.17) is 4.74 Å². The summed E-state index contributed by atoms with van der Waals surface area (Å²) >= 11 is 0. The van der Waals surface area contributed by atoms with Crippen LogP contribution in [-0.4, -0.2) is 44.7 Å². The predicted molar refractivity (Wildman–Crippen MR) is 110 cm³/mol. The summed E-state index contributed by atoms with van der Waals surface area (Å²) in [6, 6.07) is 8.45. The van der Waals surface area contributed by atoms with E-state index in [0.29, 0.717) is 19.0 Å². The van der Waals surface area contributed by atoms with Crippen molar-refractivity contribution < 1.29 is 9.53 Å². The van der Waals surface area contributed by atoms with Gasteiger partial charge in [0.05, 0.1) is 13.7 Å².